The molecule has 0 spiro atoms. The number of benzene rings is 2. The predicted molar refractivity (Wildman–Crippen MR) is 109 cm³/mol. The number of carbonyl (C=O) groups excluding carboxylic acids is 1. The van der Waals surface area contributed by atoms with Gasteiger partial charge in [0.25, 0.3) is 5.91 Å². The van der Waals surface area contributed by atoms with Crippen LogP contribution in [-0.2, 0) is 9.84 Å². The molecule has 0 aliphatic carbocycles. The van der Waals surface area contributed by atoms with Gasteiger partial charge in [-0.15, -0.1) is 11.3 Å². The highest BCUT2D eigenvalue weighted by Crippen LogP contribution is 2.30. The lowest BCUT2D eigenvalue weighted by Crippen LogP contribution is -2.12. The van der Waals surface area contributed by atoms with Crippen LogP contribution in [0.5, 0.6) is 0 Å². The Morgan fingerprint density at radius 1 is 1.14 bits per heavy atom. The highest BCUT2D eigenvalue weighted by molar-refractivity contribution is 7.91. The number of carbonyl (C=O) groups is 1. The summed E-state index contributed by atoms with van der Waals surface area (Å²) < 4.78 is 29.5. The largest absolute Gasteiger partial charge is 0.454 e. The number of amides is 1. The molecule has 0 fully saturated rings. The molecule has 0 atom stereocenters. The maximum atomic E-state index is 12.4. The van der Waals surface area contributed by atoms with Crippen LogP contribution in [-0.4, -0.2) is 25.1 Å². The van der Waals surface area contributed by atoms with E-state index in [1.165, 1.54) is 35.6 Å². The smallest absolute Gasteiger partial charge is 0.257 e. The molecule has 4 rings (SSSR count). The molecule has 1 N–H and O–H groups in total. The van der Waals surface area contributed by atoms with E-state index in [0.717, 1.165) is 11.0 Å². The molecule has 1 amide bonds. The first-order chi connectivity index (χ1) is 13.5. The molecule has 6 nitrogen and oxygen atoms in total. The Morgan fingerprint density at radius 2 is 1.89 bits per heavy atom. The topological polar surface area (TPSA) is 89.3 Å². The molecule has 0 saturated carbocycles. The molecule has 0 aliphatic heterocycles. The van der Waals surface area contributed by atoms with Gasteiger partial charge in [0.05, 0.1) is 10.6 Å². The van der Waals surface area contributed by atoms with Gasteiger partial charge in [0.2, 0.25) is 0 Å². The summed E-state index contributed by atoms with van der Waals surface area (Å²) in [7, 11) is -3.29. The van der Waals surface area contributed by atoms with Gasteiger partial charge in [-0.2, -0.15) is 0 Å². The number of fused-ring (bicyclic) bond motifs is 1. The van der Waals surface area contributed by atoms with Crippen LogP contribution >= 0.6 is 11.3 Å². The molecule has 0 unspecified atom stereocenters. The predicted octanol–water partition coefficient (Wildman–Crippen LogP) is 4.60. The van der Waals surface area contributed by atoms with Crippen LogP contribution < -0.4 is 5.32 Å². The van der Waals surface area contributed by atoms with Crippen molar-refractivity contribution in [2.24, 2.45) is 0 Å². The van der Waals surface area contributed by atoms with Gasteiger partial charge in [-0.3, -0.25) is 10.1 Å². The average Bonchev–Trinajstić information content (AvgIpc) is 3.34. The van der Waals surface area contributed by atoms with Gasteiger partial charge >= 0.3 is 0 Å². The first kappa shape index (κ1) is 18.4. The molecular formula is C20H16N2O4S2. The van der Waals surface area contributed by atoms with E-state index in [1.54, 1.807) is 6.92 Å². The first-order valence-electron chi connectivity index (χ1n) is 8.55. The molecule has 2 aromatic carbocycles. The van der Waals surface area contributed by atoms with Crippen molar-refractivity contribution in [2.45, 2.75) is 11.8 Å². The van der Waals surface area contributed by atoms with Crippen LogP contribution in [0.1, 0.15) is 17.3 Å². The summed E-state index contributed by atoms with van der Waals surface area (Å²) in [6.45, 7) is 1.58. The molecule has 0 saturated heterocycles. The van der Waals surface area contributed by atoms with Crippen molar-refractivity contribution in [3.63, 3.8) is 0 Å². The zero-order valence-electron chi connectivity index (χ0n) is 14.9. The fourth-order valence-corrected chi connectivity index (χ4v) is 4.28. The van der Waals surface area contributed by atoms with Crippen LogP contribution in [0.3, 0.4) is 0 Å². The van der Waals surface area contributed by atoms with E-state index in [0.29, 0.717) is 22.1 Å². The number of sulfone groups is 1. The third kappa shape index (κ3) is 3.56. The highest BCUT2D eigenvalue weighted by Gasteiger charge is 2.15. The Bertz CT molecular complexity index is 1220. The van der Waals surface area contributed by atoms with Gasteiger partial charge in [-0.25, -0.2) is 13.4 Å². The number of nitrogens with zero attached hydrogens (tertiary/aromatic N) is 1. The normalized spacial score (nSPS) is 11.6. The molecule has 28 heavy (non-hydrogen) atoms. The Kier molecular flexibility index (Phi) is 4.74. The van der Waals surface area contributed by atoms with Crippen molar-refractivity contribution >= 4 is 43.2 Å². The number of nitrogens with one attached hydrogen (secondary N) is 1. The molecule has 8 heteroatoms. The third-order valence-electron chi connectivity index (χ3n) is 4.26. The SMILES string of the molecule is CCS(=O)(=O)c1ccc(C(=O)Nc2nc(-c3cc4ccccc4o3)cs2)cc1. The van der Waals surface area contributed by atoms with E-state index in [-0.39, 0.29) is 16.6 Å². The van der Waals surface area contributed by atoms with E-state index in [9.17, 15) is 13.2 Å². The second-order valence-electron chi connectivity index (χ2n) is 6.07. The Morgan fingerprint density at radius 3 is 2.61 bits per heavy atom. The molecule has 4 aromatic rings. The fraction of sp³-hybridized carbons (Fsp3) is 0.100. The monoisotopic (exact) mass is 412 g/mol. The Balaban J connectivity index is 1.51. The minimum Gasteiger partial charge on any atom is -0.454 e. The minimum absolute atomic E-state index is 0.0161. The first-order valence-corrected chi connectivity index (χ1v) is 11.1. The Hall–Kier alpha value is -2.97. The molecule has 142 valence electrons. The molecule has 0 radical (unpaired) electrons. The summed E-state index contributed by atoms with van der Waals surface area (Å²) in [5.74, 6) is 0.292. The van der Waals surface area contributed by atoms with Crippen molar-refractivity contribution in [1.29, 1.82) is 0 Å². The van der Waals surface area contributed by atoms with E-state index in [1.807, 2.05) is 35.7 Å². The number of hydrogen-bond donors (Lipinski definition) is 1. The maximum Gasteiger partial charge on any atom is 0.257 e. The molecule has 0 bridgehead atoms. The van der Waals surface area contributed by atoms with Gasteiger partial charge in [-0.1, -0.05) is 25.1 Å². The number of para-hydroxylation sites is 1. The molecule has 2 heterocycles. The molecule has 2 aromatic heterocycles. The second-order valence-corrected chi connectivity index (χ2v) is 9.20. The van der Waals surface area contributed by atoms with Gasteiger partial charge in [0.15, 0.2) is 20.7 Å². The quantitative estimate of drug-likeness (QED) is 0.517. The van der Waals surface area contributed by atoms with E-state index in [2.05, 4.69) is 10.3 Å². The zero-order valence-corrected chi connectivity index (χ0v) is 16.5. The lowest BCUT2D eigenvalue weighted by molar-refractivity contribution is 0.102. The van der Waals surface area contributed by atoms with Crippen LogP contribution in [0.15, 0.2) is 69.3 Å². The lowest BCUT2D eigenvalue weighted by atomic mass is 10.2. The van der Waals surface area contributed by atoms with Gasteiger partial charge in [0, 0.05) is 16.3 Å². The number of aromatic nitrogens is 1. The zero-order chi connectivity index (χ0) is 19.7. The number of hydrogen-bond acceptors (Lipinski definition) is 6. The minimum atomic E-state index is -3.29. The number of thiazole rings is 1. The summed E-state index contributed by atoms with van der Waals surface area (Å²) in [5, 5.41) is 5.96. The standard InChI is InChI=1S/C20H16N2O4S2/c1-2-28(24,25)15-9-7-13(8-10-15)19(23)22-20-21-16(12-27-20)18-11-14-5-3-4-6-17(14)26-18/h3-12H,2H2,1H3,(H,21,22,23). The number of rotatable bonds is 5. The van der Waals surface area contributed by atoms with Crippen molar-refractivity contribution in [2.75, 3.05) is 11.1 Å². The average molecular weight is 412 g/mol. The number of furan rings is 1. The fourth-order valence-electron chi connectivity index (χ4n) is 2.70. The molecule has 0 aliphatic rings. The summed E-state index contributed by atoms with van der Waals surface area (Å²) in [5.41, 5.74) is 1.77. The van der Waals surface area contributed by atoms with Crippen molar-refractivity contribution in [1.82, 2.24) is 4.98 Å². The van der Waals surface area contributed by atoms with Crippen molar-refractivity contribution in [3.8, 4) is 11.5 Å². The van der Waals surface area contributed by atoms with Crippen LogP contribution in [0, 0.1) is 0 Å². The van der Waals surface area contributed by atoms with Gasteiger partial charge in [0.1, 0.15) is 11.3 Å². The summed E-state index contributed by atoms with van der Waals surface area (Å²) >= 11 is 1.29. The summed E-state index contributed by atoms with van der Waals surface area (Å²) in [4.78, 5) is 17.0. The second kappa shape index (κ2) is 7.21. The van der Waals surface area contributed by atoms with Crippen molar-refractivity contribution < 1.29 is 17.6 Å². The van der Waals surface area contributed by atoms with Gasteiger partial charge in [-0.05, 0) is 36.4 Å². The van der Waals surface area contributed by atoms with E-state index in [4.69, 9.17) is 4.42 Å². The number of anilines is 1. The third-order valence-corrected chi connectivity index (χ3v) is 6.77. The molecular weight excluding hydrogens is 396 g/mol. The summed E-state index contributed by atoms with van der Waals surface area (Å²) in [6.07, 6.45) is 0. The van der Waals surface area contributed by atoms with Crippen molar-refractivity contribution in [3.05, 3.63) is 65.5 Å². The Labute approximate surface area is 165 Å². The summed E-state index contributed by atoms with van der Waals surface area (Å²) in [6, 6.07) is 15.5. The van der Waals surface area contributed by atoms with Crippen LogP contribution in [0.4, 0.5) is 5.13 Å². The van der Waals surface area contributed by atoms with Gasteiger partial charge < -0.3 is 4.42 Å². The maximum absolute atomic E-state index is 12.4. The highest BCUT2D eigenvalue weighted by atomic mass is 32.2. The van der Waals surface area contributed by atoms with Crippen LogP contribution in [0.25, 0.3) is 22.4 Å². The van der Waals surface area contributed by atoms with Crippen LogP contribution in [0.2, 0.25) is 0 Å². The lowest BCUT2D eigenvalue weighted by Gasteiger charge is -2.04. The van der Waals surface area contributed by atoms with E-state index < -0.39 is 9.84 Å². The van der Waals surface area contributed by atoms with E-state index >= 15 is 0 Å².